The zero-order valence-corrected chi connectivity index (χ0v) is 12.5. The second-order valence-corrected chi connectivity index (χ2v) is 7.13. The van der Waals surface area contributed by atoms with Crippen molar-refractivity contribution < 1.29 is 9.59 Å². The van der Waals surface area contributed by atoms with Crippen molar-refractivity contribution in [2.45, 2.75) is 52.5 Å². The molecule has 1 aliphatic rings. The highest BCUT2D eigenvalue weighted by Crippen LogP contribution is 2.32. The second-order valence-electron chi connectivity index (χ2n) is 7.13. The summed E-state index contributed by atoms with van der Waals surface area (Å²) in [6.07, 6.45) is 0. The number of rotatable bonds is 0. The van der Waals surface area contributed by atoms with E-state index in [-0.39, 0.29) is 17.2 Å². The van der Waals surface area contributed by atoms with Crippen LogP contribution in [0.5, 0.6) is 0 Å². The Morgan fingerprint density at radius 1 is 0.842 bits per heavy atom. The molecule has 1 aromatic rings. The van der Waals surface area contributed by atoms with Crippen LogP contribution >= 0.6 is 0 Å². The molecule has 0 fully saturated rings. The van der Waals surface area contributed by atoms with Crippen molar-refractivity contribution in [1.82, 2.24) is 4.90 Å². The molecule has 1 aliphatic heterocycles. The van der Waals surface area contributed by atoms with Crippen molar-refractivity contribution in [1.29, 1.82) is 0 Å². The fourth-order valence-corrected chi connectivity index (χ4v) is 2.32. The predicted octanol–water partition coefficient (Wildman–Crippen LogP) is 3.38. The van der Waals surface area contributed by atoms with Gasteiger partial charge in [0.25, 0.3) is 11.8 Å². The molecule has 0 aromatic heterocycles. The van der Waals surface area contributed by atoms with E-state index in [9.17, 15) is 9.59 Å². The topological polar surface area (TPSA) is 37.4 Å². The van der Waals surface area contributed by atoms with Crippen LogP contribution in [-0.2, 0) is 5.41 Å². The molecule has 3 heteroatoms. The second kappa shape index (κ2) is 3.92. The van der Waals surface area contributed by atoms with Gasteiger partial charge in [-0.3, -0.25) is 14.5 Å². The van der Waals surface area contributed by atoms with Crippen molar-refractivity contribution in [2.75, 3.05) is 0 Å². The molecule has 1 aromatic carbocycles. The number of carbonyl (C=O) groups excluding carboxylic acids is 2. The molecule has 102 valence electrons. The Labute approximate surface area is 114 Å². The molecule has 1 heterocycles. The van der Waals surface area contributed by atoms with E-state index in [4.69, 9.17) is 0 Å². The molecule has 0 aliphatic carbocycles. The highest BCUT2D eigenvalue weighted by Gasteiger charge is 2.42. The number of amides is 2. The Hall–Kier alpha value is -1.64. The third-order valence-corrected chi connectivity index (χ3v) is 3.42. The zero-order chi connectivity index (χ0) is 14.6. The Kier molecular flexibility index (Phi) is 2.85. The minimum atomic E-state index is -0.491. The monoisotopic (exact) mass is 259 g/mol. The van der Waals surface area contributed by atoms with Crippen molar-refractivity contribution >= 4 is 11.8 Å². The molecule has 3 nitrogen and oxygen atoms in total. The van der Waals surface area contributed by atoms with Crippen LogP contribution in [0.1, 0.15) is 67.8 Å². The number of hydrogen-bond donors (Lipinski definition) is 0. The Morgan fingerprint density at radius 3 is 1.84 bits per heavy atom. The predicted molar refractivity (Wildman–Crippen MR) is 75.4 cm³/mol. The maximum Gasteiger partial charge on any atom is 0.262 e. The van der Waals surface area contributed by atoms with Gasteiger partial charge in [-0.1, -0.05) is 26.8 Å². The number of benzene rings is 1. The molecule has 19 heavy (non-hydrogen) atoms. The van der Waals surface area contributed by atoms with E-state index < -0.39 is 5.54 Å². The molecule has 2 amide bonds. The highest BCUT2D eigenvalue weighted by atomic mass is 16.2. The lowest BCUT2D eigenvalue weighted by Crippen LogP contribution is -2.45. The molecule has 0 spiro atoms. The van der Waals surface area contributed by atoms with Gasteiger partial charge >= 0.3 is 0 Å². The number of carbonyl (C=O) groups is 2. The van der Waals surface area contributed by atoms with Gasteiger partial charge in [0.2, 0.25) is 0 Å². The molecular weight excluding hydrogens is 238 g/mol. The summed E-state index contributed by atoms with van der Waals surface area (Å²) in [4.78, 5) is 26.1. The standard InChI is InChI=1S/C16H21NO2/c1-15(2,3)10-7-8-11-12(9-10)14(19)17(13(11)18)16(4,5)6/h7-9H,1-6H3. The van der Waals surface area contributed by atoms with E-state index in [1.165, 1.54) is 4.90 Å². The lowest BCUT2D eigenvalue weighted by molar-refractivity contribution is 0.0508. The lowest BCUT2D eigenvalue weighted by Gasteiger charge is -2.29. The number of nitrogens with zero attached hydrogens (tertiary/aromatic N) is 1. The van der Waals surface area contributed by atoms with Gasteiger partial charge < -0.3 is 0 Å². The van der Waals surface area contributed by atoms with Gasteiger partial charge in [-0.05, 0) is 43.9 Å². The first-order valence-corrected chi connectivity index (χ1v) is 6.57. The van der Waals surface area contributed by atoms with Crippen LogP contribution in [0.4, 0.5) is 0 Å². The molecule has 2 rings (SSSR count). The fraction of sp³-hybridized carbons (Fsp3) is 0.500. The molecule has 0 saturated carbocycles. The van der Waals surface area contributed by atoms with Gasteiger partial charge in [0.05, 0.1) is 11.1 Å². The first-order chi connectivity index (χ1) is 8.53. The number of hydrogen-bond acceptors (Lipinski definition) is 2. The summed E-state index contributed by atoms with van der Waals surface area (Å²) < 4.78 is 0. The minimum absolute atomic E-state index is 0.0342. The van der Waals surface area contributed by atoms with Crippen molar-refractivity contribution in [3.8, 4) is 0 Å². The van der Waals surface area contributed by atoms with Crippen LogP contribution in [0.2, 0.25) is 0 Å². The van der Waals surface area contributed by atoms with Gasteiger partial charge in [0, 0.05) is 5.54 Å². The smallest absolute Gasteiger partial charge is 0.262 e. The first-order valence-electron chi connectivity index (χ1n) is 6.57. The molecule has 0 atom stereocenters. The number of imide groups is 1. The number of fused-ring (bicyclic) bond motifs is 1. The normalized spacial score (nSPS) is 16.0. The Morgan fingerprint density at radius 2 is 1.37 bits per heavy atom. The maximum absolute atomic E-state index is 12.4. The summed E-state index contributed by atoms with van der Waals surface area (Å²) in [6, 6.07) is 5.58. The molecule has 0 radical (unpaired) electrons. The molecular formula is C16H21NO2. The van der Waals surface area contributed by atoms with Gasteiger partial charge in [-0.2, -0.15) is 0 Å². The van der Waals surface area contributed by atoms with E-state index in [1.54, 1.807) is 6.07 Å². The fourth-order valence-electron chi connectivity index (χ4n) is 2.32. The largest absolute Gasteiger partial charge is 0.269 e. The summed E-state index contributed by atoms with van der Waals surface area (Å²) in [6.45, 7) is 11.9. The van der Waals surface area contributed by atoms with Gasteiger partial charge in [-0.15, -0.1) is 0 Å². The van der Waals surface area contributed by atoms with Crippen LogP contribution < -0.4 is 0 Å². The van der Waals surface area contributed by atoms with E-state index >= 15 is 0 Å². The van der Waals surface area contributed by atoms with E-state index in [2.05, 4.69) is 20.8 Å². The van der Waals surface area contributed by atoms with Crippen molar-refractivity contribution in [3.63, 3.8) is 0 Å². The third kappa shape index (κ3) is 2.18. The quantitative estimate of drug-likeness (QED) is 0.670. The zero-order valence-electron chi connectivity index (χ0n) is 12.5. The summed E-state index contributed by atoms with van der Waals surface area (Å²) in [7, 11) is 0. The summed E-state index contributed by atoms with van der Waals surface area (Å²) in [5, 5.41) is 0. The van der Waals surface area contributed by atoms with Gasteiger partial charge in [0.15, 0.2) is 0 Å². The van der Waals surface area contributed by atoms with Crippen molar-refractivity contribution in [3.05, 3.63) is 34.9 Å². The van der Waals surface area contributed by atoms with Crippen LogP contribution in [0.3, 0.4) is 0 Å². The van der Waals surface area contributed by atoms with Crippen LogP contribution in [0, 0.1) is 0 Å². The van der Waals surface area contributed by atoms with E-state index in [1.807, 2.05) is 32.9 Å². The van der Waals surface area contributed by atoms with Gasteiger partial charge in [0.1, 0.15) is 0 Å². The van der Waals surface area contributed by atoms with Gasteiger partial charge in [-0.25, -0.2) is 0 Å². The molecule has 0 unspecified atom stereocenters. The van der Waals surface area contributed by atoms with E-state index in [0.717, 1.165) is 5.56 Å². The third-order valence-electron chi connectivity index (χ3n) is 3.42. The Bertz CT molecular complexity index is 559. The minimum Gasteiger partial charge on any atom is -0.269 e. The van der Waals surface area contributed by atoms with Crippen molar-refractivity contribution in [2.24, 2.45) is 0 Å². The molecule has 0 N–H and O–H groups in total. The molecule has 0 bridgehead atoms. The Balaban J connectivity index is 2.55. The molecule has 0 saturated heterocycles. The van der Waals surface area contributed by atoms with Crippen LogP contribution in [0.15, 0.2) is 18.2 Å². The summed E-state index contributed by atoms with van der Waals surface area (Å²) in [5.41, 5.74) is 1.60. The van der Waals surface area contributed by atoms with Crippen LogP contribution in [0.25, 0.3) is 0 Å². The average molecular weight is 259 g/mol. The summed E-state index contributed by atoms with van der Waals surface area (Å²) in [5.74, 6) is -0.369. The maximum atomic E-state index is 12.4. The highest BCUT2D eigenvalue weighted by molar-refractivity contribution is 6.21. The summed E-state index contributed by atoms with van der Waals surface area (Å²) >= 11 is 0. The first kappa shape index (κ1) is 13.8. The SMILES string of the molecule is CC(C)(C)c1ccc2c(c1)C(=O)N(C(C)(C)C)C2=O. The van der Waals surface area contributed by atoms with E-state index in [0.29, 0.717) is 11.1 Å². The average Bonchev–Trinajstić information content (AvgIpc) is 2.49. The van der Waals surface area contributed by atoms with Crippen LogP contribution in [-0.4, -0.2) is 22.3 Å². The lowest BCUT2D eigenvalue weighted by atomic mass is 9.85.